The summed E-state index contributed by atoms with van der Waals surface area (Å²) in [5.74, 6) is 1.14. The molecule has 6 heteroatoms. The summed E-state index contributed by atoms with van der Waals surface area (Å²) in [6, 6.07) is 13.5. The van der Waals surface area contributed by atoms with E-state index in [2.05, 4.69) is 22.2 Å². The number of carbonyl (C=O) groups is 1. The van der Waals surface area contributed by atoms with Crippen LogP contribution in [0.25, 0.3) is 10.8 Å². The Kier molecular flexibility index (Phi) is 4.75. The number of rotatable bonds is 3. The van der Waals surface area contributed by atoms with Crippen LogP contribution in [-0.4, -0.2) is 21.7 Å². The average molecular weight is 351 g/mol. The standard InChI is InChI=1S/C20H21N3O3/c1-13-9-10-16(15-8-6-5-7-14(13)15)25-17-11-12-21-18(22-17)23-19(24)26-20(2,3)4/h5-12H,1-4H3,(H,21,22,23,24). The lowest BCUT2D eigenvalue weighted by atomic mass is 10.1. The lowest BCUT2D eigenvalue weighted by Crippen LogP contribution is -2.27. The Morgan fingerprint density at radius 3 is 2.50 bits per heavy atom. The van der Waals surface area contributed by atoms with Gasteiger partial charge in [0.15, 0.2) is 0 Å². The number of ether oxygens (including phenoxy) is 2. The molecule has 0 aliphatic rings. The lowest BCUT2D eigenvalue weighted by Gasteiger charge is -2.19. The van der Waals surface area contributed by atoms with Gasteiger partial charge in [0.2, 0.25) is 11.8 Å². The van der Waals surface area contributed by atoms with E-state index in [9.17, 15) is 4.79 Å². The van der Waals surface area contributed by atoms with Gasteiger partial charge < -0.3 is 9.47 Å². The summed E-state index contributed by atoms with van der Waals surface area (Å²) in [4.78, 5) is 20.1. The molecule has 0 saturated carbocycles. The van der Waals surface area contributed by atoms with Crippen molar-refractivity contribution in [1.29, 1.82) is 0 Å². The largest absolute Gasteiger partial charge is 0.444 e. The first-order valence-corrected chi connectivity index (χ1v) is 8.31. The number of anilines is 1. The third-order valence-electron chi connectivity index (χ3n) is 3.56. The fourth-order valence-electron chi connectivity index (χ4n) is 2.48. The number of benzene rings is 2. The summed E-state index contributed by atoms with van der Waals surface area (Å²) >= 11 is 0. The van der Waals surface area contributed by atoms with Gasteiger partial charge >= 0.3 is 6.09 Å². The van der Waals surface area contributed by atoms with Gasteiger partial charge in [-0.2, -0.15) is 4.98 Å². The van der Waals surface area contributed by atoms with Crippen molar-refractivity contribution in [2.75, 3.05) is 5.32 Å². The Morgan fingerprint density at radius 1 is 1.04 bits per heavy atom. The maximum atomic E-state index is 11.9. The molecule has 0 radical (unpaired) electrons. The van der Waals surface area contributed by atoms with Crippen molar-refractivity contribution >= 4 is 22.8 Å². The minimum absolute atomic E-state index is 0.119. The number of nitrogens with zero attached hydrogens (tertiary/aromatic N) is 2. The van der Waals surface area contributed by atoms with Gasteiger partial charge in [0.25, 0.3) is 0 Å². The first kappa shape index (κ1) is 17.7. The summed E-state index contributed by atoms with van der Waals surface area (Å²) < 4.78 is 11.1. The highest BCUT2D eigenvalue weighted by Crippen LogP contribution is 2.31. The van der Waals surface area contributed by atoms with E-state index in [1.807, 2.05) is 36.4 Å². The molecule has 3 rings (SSSR count). The van der Waals surface area contributed by atoms with Crippen LogP contribution in [0.4, 0.5) is 10.7 Å². The molecule has 6 nitrogen and oxygen atoms in total. The van der Waals surface area contributed by atoms with Gasteiger partial charge in [-0.1, -0.05) is 30.3 Å². The molecule has 2 aromatic carbocycles. The van der Waals surface area contributed by atoms with Crippen LogP contribution in [0.2, 0.25) is 0 Å². The van der Waals surface area contributed by atoms with Crippen LogP contribution in [-0.2, 0) is 4.74 Å². The van der Waals surface area contributed by atoms with Crippen molar-refractivity contribution in [3.05, 3.63) is 54.2 Å². The summed E-state index contributed by atoms with van der Waals surface area (Å²) in [6.07, 6.45) is 0.904. The lowest BCUT2D eigenvalue weighted by molar-refractivity contribution is 0.0634. The Labute approximate surface area is 152 Å². The molecule has 1 heterocycles. The number of fused-ring (bicyclic) bond motifs is 1. The highest BCUT2D eigenvalue weighted by atomic mass is 16.6. The molecule has 0 unspecified atom stereocenters. The summed E-state index contributed by atoms with van der Waals surface area (Å²) in [5, 5.41) is 4.62. The van der Waals surface area contributed by atoms with Crippen LogP contribution >= 0.6 is 0 Å². The monoisotopic (exact) mass is 351 g/mol. The van der Waals surface area contributed by atoms with Crippen LogP contribution in [0.1, 0.15) is 26.3 Å². The number of aryl methyl sites for hydroxylation is 1. The molecular weight excluding hydrogens is 330 g/mol. The van der Waals surface area contributed by atoms with Crippen LogP contribution in [0.5, 0.6) is 11.6 Å². The van der Waals surface area contributed by atoms with Crippen LogP contribution in [0.3, 0.4) is 0 Å². The second-order valence-corrected chi connectivity index (χ2v) is 6.87. The van der Waals surface area contributed by atoms with E-state index >= 15 is 0 Å². The van der Waals surface area contributed by atoms with Crippen molar-refractivity contribution in [3.8, 4) is 11.6 Å². The van der Waals surface area contributed by atoms with E-state index < -0.39 is 11.7 Å². The second kappa shape index (κ2) is 7.00. The number of carbonyl (C=O) groups excluding carboxylic acids is 1. The maximum absolute atomic E-state index is 11.9. The van der Waals surface area contributed by atoms with E-state index in [0.717, 1.165) is 10.8 Å². The van der Waals surface area contributed by atoms with Crippen LogP contribution < -0.4 is 10.1 Å². The van der Waals surface area contributed by atoms with Crippen LogP contribution in [0, 0.1) is 6.92 Å². The smallest absolute Gasteiger partial charge is 0.414 e. The van der Waals surface area contributed by atoms with E-state index in [1.165, 1.54) is 11.8 Å². The molecule has 3 aromatic rings. The van der Waals surface area contributed by atoms with E-state index in [1.54, 1.807) is 26.8 Å². The Bertz CT molecular complexity index is 948. The highest BCUT2D eigenvalue weighted by molar-refractivity contribution is 5.91. The van der Waals surface area contributed by atoms with Crippen molar-refractivity contribution in [3.63, 3.8) is 0 Å². The zero-order valence-electron chi connectivity index (χ0n) is 15.2. The second-order valence-electron chi connectivity index (χ2n) is 6.87. The highest BCUT2D eigenvalue weighted by Gasteiger charge is 2.17. The fourth-order valence-corrected chi connectivity index (χ4v) is 2.48. The topological polar surface area (TPSA) is 73.3 Å². The molecule has 0 fully saturated rings. The Balaban J connectivity index is 1.82. The Morgan fingerprint density at radius 2 is 1.77 bits per heavy atom. The third-order valence-corrected chi connectivity index (χ3v) is 3.56. The van der Waals surface area contributed by atoms with Gasteiger partial charge in [-0.05, 0) is 44.7 Å². The summed E-state index contributed by atoms with van der Waals surface area (Å²) in [7, 11) is 0. The molecule has 0 aliphatic carbocycles. The maximum Gasteiger partial charge on any atom is 0.414 e. The van der Waals surface area contributed by atoms with Crippen molar-refractivity contribution in [1.82, 2.24) is 9.97 Å². The molecule has 1 N–H and O–H groups in total. The molecule has 0 atom stereocenters. The zero-order chi connectivity index (χ0) is 18.7. The zero-order valence-corrected chi connectivity index (χ0v) is 15.2. The van der Waals surface area contributed by atoms with Crippen molar-refractivity contribution in [2.24, 2.45) is 0 Å². The molecule has 0 spiro atoms. The van der Waals surface area contributed by atoms with Gasteiger partial charge in [0, 0.05) is 17.6 Å². The number of nitrogens with one attached hydrogen (secondary N) is 1. The minimum Gasteiger partial charge on any atom is -0.444 e. The SMILES string of the molecule is Cc1ccc(Oc2ccnc(NC(=O)OC(C)(C)C)n2)c2ccccc12. The van der Waals surface area contributed by atoms with Crippen molar-refractivity contribution < 1.29 is 14.3 Å². The minimum atomic E-state index is -0.615. The quantitative estimate of drug-likeness (QED) is 0.712. The molecule has 134 valence electrons. The molecule has 0 aliphatic heterocycles. The average Bonchev–Trinajstić information content (AvgIpc) is 2.56. The van der Waals surface area contributed by atoms with Gasteiger partial charge in [0.05, 0.1) is 0 Å². The first-order chi connectivity index (χ1) is 12.3. The molecule has 0 saturated heterocycles. The molecule has 1 aromatic heterocycles. The van der Waals surface area contributed by atoms with Gasteiger partial charge in [-0.3, -0.25) is 5.32 Å². The van der Waals surface area contributed by atoms with Gasteiger partial charge in [-0.15, -0.1) is 0 Å². The van der Waals surface area contributed by atoms with Gasteiger partial charge in [-0.25, -0.2) is 9.78 Å². The number of hydrogen-bond donors (Lipinski definition) is 1. The number of hydrogen-bond acceptors (Lipinski definition) is 5. The fraction of sp³-hybridized carbons (Fsp3) is 0.250. The van der Waals surface area contributed by atoms with Crippen LogP contribution in [0.15, 0.2) is 48.7 Å². The van der Waals surface area contributed by atoms with Crippen molar-refractivity contribution in [2.45, 2.75) is 33.3 Å². The molecule has 0 bridgehead atoms. The molecule has 26 heavy (non-hydrogen) atoms. The number of aromatic nitrogens is 2. The van der Waals surface area contributed by atoms with E-state index in [0.29, 0.717) is 11.6 Å². The summed E-state index contributed by atoms with van der Waals surface area (Å²) in [5.41, 5.74) is 0.571. The van der Waals surface area contributed by atoms with E-state index in [-0.39, 0.29) is 5.95 Å². The number of amides is 1. The third kappa shape index (κ3) is 4.27. The molecule has 1 amide bonds. The van der Waals surface area contributed by atoms with Gasteiger partial charge in [0.1, 0.15) is 11.4 Å². The normalized spacial score (nSPS) is 11.2. The van der Waals surface area contributed by atoms with E-state index in [4.69, 9.17) is 9.47 Å². The summed E-state index contributed by atoms with van der Waals surface area (Å²) in [6.45, 7) is 7.42. The predicted octanol–water partition coefficient (Wildman–Crippen LogP) is 5.08. The predicted molar refractivity (Wildman–Crippen MR) is 101 cm³/mol. The molecular formula is C20H21N3O3. The first-order valence-electron chi connectivity index (χ1n) is 8.31. The Hall–Kier alpha value is -3.15.